The number of allylic oxidation sites excluding steroid dienone is 1. The molecule has 1 heterocycles. The summed E-state index contributed by atoms with van der Waals surface area (Å²) < 4.78 is 32.4. The van der Waals surface area contributed by atoms with E-state index in [0.717, 1.165) is 12.0 Å². The van der Waals surface area contributed by atoms with E-state index in [9.17, 15) is 23.1 Å². The molecule has 0 spiro atoms. The van der Waals surface area contributed by atoms with E-state index in [1.165, 1.54) is 12.1 Å². The Bertz CT molecular complexity index is 1470. The van der Waals surface area contributed by atoms with Crippen LogP contribution in [0.3, 0.4) is 0 Å². The first kappa shape index (κ1) is 29.8. The number of unbranched alkanes of at least 4 members (excludes halogenated alkanes) is 1. The Morgan fingerprint density at radius 1 is 1.00 bits per heavy atom. The molecule has 0 bridgehead atoms. The van der Waals surface area contributed by atoms with Crippen LogP contribution in [0, 0.1) is 0 Å². The summed E-state index contributed by atoms with van der Waals surface area (Å²) in [6, 6.07) is 20.1. The van der Waals surface area contributed by atoms with E-state index in [1.54, 1.807) is 77.7 Å². The summed E-state index contributed by atoms with van der Waals surface area (Å²) >= 11 is 0. The Hall–Kier alpha value is -4.15. The second-order valence-corrected chi connectivity index (χ2v) is 11.6. The Labute approximate surface area is 240 Å². The van der Waals surface area contributed by atoms with Crippen LogP contribution in [0.4, 0.5) is 10.5 Å². The van der Waals surface area contributed by atoms with Gasteiger partial charge in [0.2, 0.25) is 15.7 Å². The number of phenols is 1. The number of sulfone groups is 1. The highest BCUT2D eigenvalue weighted by molar-refractivity contribution is 8.00. The van der Waals surface area contributed by atoms with Crippen LogP contribution < -0.4 is 10.6 Å². The molecule has 1 fully saturated rings. The van der Waals surface area contributed by atoms with Crippen LogP contribution in [-0.2, 0) is 25.8 Å². The molecule has 1 aliphatic rings. The first-order valence-corrected chi connectivity index (χ1v) is 15.1. The average molecular weight is 578 g/mol. The molecule has 1 atom stereocenters. The monoisotopic (exact) mass is 577 g/mol. The Morgan fingerprint density at radius 3 is 2.39 bits per heavy atom. The number of amides is 3. The quantitative estimate of drug-likeness (QED) is 0.324. The van der Waals surface area contributed by atoms with Crippen molar-refractivity contribution in [2.45, 2.75) is 37.1 Å². The fourth-order valence-corrected chi connectivity index (χ4v) is 5.99. The SMILES string of the molecule is CCCC=C(c1cccc(NC(=O)[C@H](Cc2ccc(O)cc2)NC(=O)N2CCOCC2)c1)S(=O)(=O)c1ccccc1. The number of hydrogen-bond acceptors (Lipinski definition) is 6. The van der Waals surface area contributed by atoms with Crippen molar-refractivity contribution in [1.82, 2.24) is 10.2 Å². The summed E-state index contributed by atoms with van der Waals surface area (Å²) in [4.78, 5) is 28.4. The zero-order valence-electron chi connectivity index (χ0n) is 23.0. The fourth-order valence-electron chi connectivity index (χ4n) is 4.45. The molecule has 0 aromatic heterocycles. The molecule has 3 amide bonds. The molecule has 4 rings (SSSR count). The van der Waals surface area contributed by atoms with Gasteiger partial charge < -0.3 is 25.4 Å². The van der Waals surface area contributed by atoms with Gasteiger partial charge in [-0.15, -0.1) is 0 Å². The van der Waals surface area contributed by atoms with Gasteiger partial charge in [-0.2, -0.15) is 0 Å². The van der Waals surface area contributed by atoms with Gasteiger partial charge in [0.15, 0.2) is 0 Å². The summed E-state index contributed by atoms with van der Waals surface area (Å²) in [5.74, 6) is -0.358. The summed E-state index contributed by atoms with van der Waals surface area (Å²) in [7, 11) is -3.81. The van der Waals surface area contributed by atoms with Crippen LogP contribution in [0.25, 0.3) is 4.91 Å². The van der Waals surface area contributed by atoms with Gasteiger partial charge in [-0.1, -0.05) is 61.9 Å². The molecule has 216 valence electrons. The number of benzene rings is 3. The minimum absolute atomic E-state index is 0.0984. The molecule has 41 heavy (non-hydrogen) atoms. The molecule has 0 radical (unpaired) electrons. The van der Waals surface area contributed by atoms with Crippen LogP contribution in [0.1, 0.15) is 30.9 Å². The van der Waals surface area contributed by atoms with E-state index < -0.39 is 21.8 Å². The summed E-state index contributed by atoms with van der Waals surface area (Å²) in [6.45, 7) is 3.66. The van der Waals surface area contributed by atoms with E-state index in [4.69, 9.17) is 4.74 Å². The second-order valence-electron chi connectivity index (χ2n) is 9.72. The standard InChI is InChI=1S/C31H35N3O6S/c1-2-3-12-29(41(38,39)27-10-5-4-6-11-27)24-8-7-9-25(22-24)32-30(36)28(21-23-13-15-26(35)16-14-23)33-31(37)34-17-19-40-20-18-34/h4-16,22,28,35H,2-3,17-21H2,1H3,(H,32,36)(H,33,37)/t28-/m0/s1. The van der Waals surface area contributed by atoms with Crippen molar-refractivity contribution in [3.63, 3.8) is 0 Å². The molecule has 10 heteroatoms. The number of urea groups is 1. The van der Waals surface area contributed by atoms with Crippen molar-refractivity contribution in [3.8, 4) is 5.75 Å². The van der Waals surface area contributed by atoms with E-state index in [-0.39, 0.29) is 28.0 Å². The highest BCUT2D eigenvalue weighted by atomic mass is 32.2. The Morgan fingerprint density at radius 2 is 1.71 bits per heavy atom. The lowest BCUT2D eigenvalue weighted by molar-refractivity contribution is -0.118. The minimum atomic E-state index is -3.81. The molecule has 3 aromatic carbocycles. The fraction of sp³-hybridized carbons (Fsp3) is 0.290. The number of carbonyl (C=O) groups is 2. The van der Waals surface area contributed by atoms with Gasteiger partial charge in [-0.25, -0.2) is 13.2 Å². The third kappa shape index (κ3) is 7.96. The summed E-state index contributed by atoms with van der Waals surface area (Å²) in [5.41, 5.74) is 1.60. The third-order valence-corrected chi connectivity index (χ3v) is 8.54. The average Bonchev–Trinajstić information content (AvgIpc) is 2.99. The molecule has 1 aliphatic heterocycles. The summed E-state index contributed by atoms with van der Waals surface area (Å²) in [5, 5.41) is 15.3. The van der Waals surface area contributed by atoms with Gasteiger partial charge in [0, 0.05) is 25.2 Å². The number of aromatic hydroxyl groups is 1. The van der Waals surface area contributed by atoms with E-state index in [2.05, 4.69) is 10.6 Å². The van der Waals surface area contributed by atoms with Crippen molar-refractivity contribution in [1.29, 1.82) is 0 Å². The van der Waals surface area contributed by atoms with Gasteiger partial charge in [-0.05, 0) is 53.9 Å². The van der Waals surface area contributed by atoms with Crippen molar-refractivity contribution >= 4 is 32.4 Å². The van der Waals surface area contributed by atoms with Crippen LogP contribution in [-0.4, -0.2) is 62.7 Å². The minimum Gasteiger partial charge on any atom is -0.508 e. The molecule has 0 aliphatic carbocycles. The lowest BCUT2D eigenvalue weighted by Gasteiger charge is -2.29. The zero-order chi connectivity index (χ0) is 29.2. The maximum atomic E-state index is 13.5. The lowest BCUT2D eigenvalue weighted by atomic mass is 10.0. The van der Waals surface area contributed by atoms with Crippen molar-refractivity contribution in [2.24, 2.45) is 0 Å². The van der Waals surface area contributed by atoms with Crippen molar-refractivity contribution < 1.29 is 27.9 Å². The number of morpholine rings is 1. The van der Waals surface area contributed by atoms with Crippen LogP contribution in [0.2, 0.25) is 0 Å². The molecule has 0 unspecified atom stereocenters. The molecule has 1 saturated heterocycles. The van der Waals surface area contributed by atoms with Crippen molar-refractivity contribution in [3.05, 3.63) is 96.1 Å². The first-order valence-electron chi connectivity index (χ1n) is 13.6. The first-order chi connectivity index (χ1) is 19.8. The molecule has 0 saturated carbocycles. The van der Waals surface area contributed by atoms with Gasteiger partial charge in [0.1, 0.15) is 11.8 Å². The number of nitrogens with one attached hydrogen (secondary N) is 2. The predicted molar refractivity (Wildman–Crippen MR) is 158 cm³/mol. The van der Waals surface area contributed by atoms with E-state index >= 15 is 0 Å². The third-order valence-electron chi connectivity index (χ3n) is 6.66. The molecular weight excluding hydrogens is 542 g/mol. The smallest absolute Gasteiger partial charge is 0.318 e. The largest absolute Gasteiger partial charge is 0.508 e. The maximum Gasteiger partial charge on any atom is 0.318 e. The topological polar surface area (TPSA) is 125 Å². The number of nitrogens with zero attached hydrogens (tertiary/aromatic N) is 1. The number of ether oxygens (including phenoxy) is 1. The zero-order valence-corrected chi connectivity index (χ0v) is 23.8. The molecule has 3 N–H and O–H groups in total. The summed E-state index contributed by atoms with van der Waals surface area (Å²) in [6.07, 6.45) is 3.23. The Balaban J connectivity index is 1.59. The molecule has 3 aromatic rings. The number of hydrogen-bond donors (Lipinski definition) is 3. The van der Waals surface area contributed by atoms with Crippen LogP contribution in [0.5, 0.6) is 5.75 Å². The highest BCUT2D eigenvalue weighted by Gasteiger charge is 2.26. The van der Waals surface area contributed by atoms with Crippen LogP contribution in [0.15, 0.2) is 89.8 Å². The van der Waals surface area contributed by atoms with E-state index in [1.807, 2.05) is 6.92 Å². The maximum absolute atomic E-state index is 13.5. The predicted octanol–water partition coefficient (Wildman–Crippen LogP) is 4.60. The Kier molecular flexibility index (Phi) is 10.2. The van der Waals surface area contributed by atoms with Crippen LogP contribution >= 0.6 is 0 Å². The van der Waals surface area contributed by atoms with E-state index in [0.29, 0.717) is 44.0 Å². The normalized spacial score (nSPS) is 14.8. The highest BCUT2D eigenvalue weighted by Crippen LogP contribution is 2.30. The lowest BCUT2D eigenvalue weighted by Crippen LogP contribution is -2.53. The van der Waals surface area contributed by atoms with Crippen molar-refractivity contribution in [2.75, 3.05) is 31.6 Å². The molecule has 9 nitrogen and oxygen atoms in total. The number of phenolic OH excluding ortho intramolecular Hbond substituents is 1. The van der Waals surface area contributed by atoms with Gasteiger partial charge in [0.25, 0.3) is 0 Å². The van der Waals surface area contributed by atoms with Gasteiger partial charge >= 0.3 is 6.03 Å². The number of carbonyl (C=O) groups excluding carboxylic acids is 2. The number of anilines is 1. The van der Waals surface area contributed by atoms with Gasteiger partial charge in [-0.3, -0.25) is 4.79 Å². The second kappa shape index (κ2) is 14.0. The molecular formula is C31H35N3O6S. The van der Waals surface area contributed by atoms with Gasteiger partial charge in [0.05, 0.1) is 23.0 Å². The number of rotatable bonds is 10.